The first-order valence-electron chi connectivity index (χ1n) is 8.80. The van der Waals surface area contributed by atoms with E-state index in [9.17, 15) is 17.6 Å². The summed E-state index contributed by atoms with van der Waals surface area (Å²) in [6, 6.07) is 10.6. The zero-order chi connectivity index (χ0) is 20.3. The number of urea groups is 1. The number of carbonyl (C=O) groups is 1. The number of carbonyl (C=O) groups excluding carboxylic acids is 1. The Morgan fingerprint density at radius 2 is 1.89 bits per heavy atom. The predicted molar refractivity (Wildman–Crippen MR) is 108 cm³/mol. The van der Waals surface area contributed by atoms with Crippen LogP contribution in [-0.2, 0) is 9.84 Å². The van der Waals surface area contributed by atoms with Gasteiger partial charge in [-0.05, 0) is 42.8 Å². The van der Waals surface area contributed by atoms with Crippen LogP contribution in [0.1, 0.15) is 6.42 Å². The molecule has 1 saturated heterocycles. The molecule has 1 aliphatic rings. The van der Waals surface area contributed by atoms with E-state index in [0.29, 0.717) is 49.0 Å². The zero-order valence-electron chi connectivity index (χ0n) is 15.4. The molecule has 28 heavy (non-hydrogen) atoms. The minimum atomic E-state index is -3.46. The summed E-state index contributed by atoms with van der Waals surface area (Å²) in [7, 11) is -3.46. The van der Waals surface area contributed by atoms with Crippen LogP contribution in [0.25, 0.3) is 0 Å². The minimum absolute atomic E-state index is 0.0499. The van der Waals surface area contributed by atoms with Crippen molar-refractivity contribution in [2.75, 3.05) is 42.7 Å². The largest absolute Gasteiger partial charge is 0.367 e. The van der Waals surface area contributed by atoms with E-state index < -0.39 is 15.7 Å². The van der Waals surface area contributed by atoms with Crippen LogP contribution in [0.4, 0.5) is 20.6 Å². The van der Waals surface area contributed by atoms with Gasteiger partial charge < -0.3 is 15.1 Å². The number of hydrogen-bond acceptors (Lipinski definition) is 4. The second-order valence-electron chi connectivity index (χ2n) is 6.65. The van der Waals surface area contributed by atoms with Gasteiger partial charge in [-0.1, -0.05) is 17.7 Å². The summed E-state index contributed by atoms with van der Waals surface area (Å²) in [5.74, 6) is -0.584. The molecule has 0 aromatic heterocycles. The Morgan fingerprint density at radius 3 is 2.57 bits per heavy atom. The summed E-state index contributed by atoms with van der Waals surface area (Å²) in [6.45, 7) is 1.96. The monoisotopic (exact) mass is 425 g/mol. The van der Waals surface area contributed by atoms with Crippen LogP contribution >= 0.6 is 11.6 Å². The maximum Gasteiger partial charge on any atom is 0.321 e. The average molecular weight is 426 g/mol. The average Bonchev–Trinajstić information content (AvgIpc) is 2.87. The lowest BCUT2D eigenvalue weighted by Crippen LogP contribution is -2.38. The number of rotatable bonds is 3. The van der Waals surface area contributed by atoms with Gasteiger partial charge in [0.15, 0.2) is 9.84 Å². The van der Waals surface area contributed by atoms with E-state index >= 15 is 0 Å². The molecule has 1 fully saturated rings. The molecule has 9 heteroatoms. The lowest BCUT2D eigenvalue weighted by atomic mass is 10.2. The molecule has 2 amide bonds. The summed E-state index contributed by atoms with van der Waals surface area (Å²) in [5, 5.41) is 3.35. The van der Waals surface area contributed by atoms with Crippen molar-refractivity contribution in [1.82, 2.24) is 4.90 Å². The lowest BCUT2D eigenvalue weighted by Gasteiger charge is -2.24. The van der Waals surface area contributed by atoms with E-state index in [-0.39, 0.29) is 10.9 Å². The van der Waals surface area contributed by atoms with E-state index in [2.05, 4.69) is 5.32 Å². The normalized spacial score (nSPS) is 15.2. The van der Waals surface area contributed by atoms with Crippen molar-refractivity contribution >= 4 is 38.8 Å². The quantitative estimate of drug-likeness (QED) is 0.815. The van der Waals surface area contributed by atoms with Crippen LogP contribution in [0, 0.1) is 5.82 Å². The number of nitrogens with one attached hydrogen (secondary N) is 1. The fourth-order valence-corrected chi connectivity index (χ4v) is 3.93. The predicted octanol–water partition coefficient (Wildman–Crippen LogP) is 3.63. The van der Waals surface area contributed by atoms with Crippen molar-refractivity contribution in [3.8, 4) is 0 Å². The molecule has 2 aromatic carbocycles. The first kappa shape index (κ1) is 20.4. The van der Waals surface area contributed by atoms with E-state index in [1.807, 2.05) is 4.90 Å². The van der Waals surface area contributed by atoms with Crippen LogP contribution in [0.3, 0.4) is 0 Å². The topological polar surface area (TPSA) is 69.7 Å². The standard InChI is InChI=1S/C19H21ClFN3O3S/c1-28(26,27)16-6-7-18(17(21)13-16)23-8-3-9-24(11-10-23)19(25)22-15-5-2-4-14(20)12-15/h2,4-7,12-13H,3,8-11H2,1H3,(H,22,25). The molecule has 0 radical (unpaired) electrons. The Kier molecular flexibility index (Phi) is 6.10. The summed E-state index contributed by atoms with van der Waals surface area (Å²) in [6.07, 6.45) is 1.71. The van der Waals surface area contributed by atoms with Gasteiger partial charge in [0, 0.05) is 43.1 Å². The van der Waals surface area contributed by atoms with Gasteiger partial charge in [0.05, 0.1) is 10.6 Å². The van der Waals surface area contributed by atoms with E-state index in [4.69, 9.17) is 11.6 Å². The Morgan fingerprint density at radius 1 is 1.11 bits per heavy atom. The Labute approximate surface area is 168 Å². The maximum atomic E-state index is 14.5. The van der Waals surface area contributed by atoms with Crippen LogP contribution in [-0.4, -0.2) is 51.8 Å². The molecule has 0 spiro atoms. The fourth-order valence-electron chi connectivity index (χ4n) is 3.10. The van der Waals surface area contributed by atoms with E-state index in [1.165, 1.54) is 12.1 Å². The van der Waals surface area contributed by atoms with Gasteiger partial charge in [-0.3, -0.25) is 0 Å². The van der Waals surface area contributed by atoms with Crippen molar-refractivity contribution in [3.05, 3.63) is 53.3 Å². The molecule has 3 rings (SSSR count). The highest BCUT2D eigenvalue weighted by Gasteiger charge is 2.22. The highest BCUT2D eigenvalue weighted by molar-refractivity contribution is 7.90. The zero-order valence-corrected chi connectivity index (χ0v) is 16.9. The first-order chi connectivity index (χ1) is 13.2. The van der Waals surface area contributed by atoms with Gasteiger partial charge in [-0.25, -0.2) is 17.6 Å². The highest BCUT2D eigenvalue weighted by Crippen LogP contribution is 2.24. The van der Waals surface area contributed by atoms with E-state index in [1.54, 1.807) is 29.2 Å². The second kappa shape index (κ2) is 8.36. The molecule has 150 valence electrons. The summed E-state index contributed by atoms with van der Waals surface area (Å²) >= 11 is 5.94. The van der Waals surface area contributed by atoms with Gasteiger partial charge in [-0.15, -0.1) is 0 Å². The molecule has 1 aliphatic heterocycles. The molecule has 1 N–H and O–H groups in total. The first-order valence-corrected chi connectivity index (χ1v) is 11.1. The molecule has 0 bridgehead atoms. The molecule has 0 saturated carbocycles. The molecular weight excluding hydrogens is 405 g/mol. The summed E-state index contributed by atoms with van der Waals surface area (Å²) in [5.41, 5.74) is 0.950. The minimum Gasteiger partial charge on any atom is -0.367 e. The van der Waals surface area contributed by atoms with Crippen molar-refractivity contribution in [2.45, 2.75) is 11.3 Å². The molecule has 0 atom stereocenters. The van der Waals surface area contributed by atoms with Crippen molar-refractivity contribution in [2.24, 2.45) is 0 Å². The highest BCUT2D eigenvalue weighted by atomic mass is 35.5. The molecule has 2 aromatic rings. The Hall–Kier alpha value is -2.32. The number of benzene rings is 2. The van der Waals surface area contributed by atoms with Crippen molar-refractivity contribution < 1.29 is 17.6 Å². The van der Waals surface area contributed by atoms with Crippen LogP contribution in [0.15, 0.2) is 47.4 Å². The number of anilines is 2. The third kappa shape index (κ3) is 4.94. The van der Waals surface area contributed by atoms with Gasteiger partial charge in [0.25, 0.3) is 0 Å². The third-order valence-electron chi connectivity index (χ3n) is 4.55. The van der Waals surface area contributed by atoms with Gasteiger partial charge >= 0.3 is 6.03 Å². The number of nitrogens with zero attached hydrogens (tertiary/aromatic N) is 2. The lowest BCUT2D eigenvalue weighted by molar-refractivity contribution is 0.215. The molecule has 1 heterocycles. The molecule has 0 aliphatic carbocycles. The Balaban J connectivity index is 1.67. The van der Waals surface area contributed by atoms with Gasteiger partial charge in [0.1, 0.15) is 5.82 Å². The van der Waals surface area contributed by atoms with Crippen molar-refractivity contribution in [1.29, 1.82) is 0 Å². The number of amides is 2. The van der Waals surface area contributed by atoms with Gasteiger partial charge in [0.2, 0.25) is 0 Å². The second-order valence-corrected chi connectivity index (χ2v) is 9.11. The molecule has 0 unspecified atom stereocenters. The molecular formula is C19H21ClFN3O3S. The van der Waals surface area contributed by atoms with Crippen molar-refractivity contribution in [3.63, 3.8) is 0 Å². The van der Waals surface area contributed by atoms with Crippen LogP contribution in [0.5, 0.6) is 0 Å². The number of hydrogen-bond donors (Lipinski definition) is 1. The van der Waals surface area contributed by atoms with E-state index in [0.717, 1.165) is 12.3 Å². The maximum absolute atomic E-state index is 14.5. The van der Waals surface area contributed by atoms with Crippen LogP contribution in [0.2, 0.25) is 5.02 Å². The number of halogens is 2. The summed E-state index contributed by atoms with van der Waals surface area (Å²) < 4.78 is 37.6. The van der Waals surface area contributed by atoms with Crippen LogP contribution < -0.4 is 10.2 Å². The third-order valence-corrected chi connectivity index (χ3v) is 5.89. The fraction of sp³-hybridized carbons (Fsp3) is 0.316. The SMILES string of the molecule is CS(=O)(=O)c1ccc(N2CCCN(C(=O)Nc3cccc(Cl)c3)CC2)c(F)c1. The Bertz CT molecular complexity index is 984. The van der Waals surface area contributed by atoms with Gasteiger partial charge in [-0.2, -0.15) is 0 Å². The number of sulfone groups is 1. The smallest absolute Gasteiger partial charge is 0.321 e. The summed E-state index contributed by atoms with van der Waals surface area (Å²) in [4.78, 5) is 16.0. The molecule has 6 nitrogen and oxygen atoms in total.